The molecule has 0 amide bonds. The van der Waals surface area contributed by atoms with Crippen LogP contribution in [0.15, 0.2) is 11.6 Å². The average molecular weight is 501 g/mol. The Bertz CT molecular complexity index is 692. The first-order chi connectivity index (χ1) is 16.6. The molecule has 2 aliphatic heterocycles. The third-order valence-corrected chi connectivity index (χ3v) is 7.09. The van der Waals surface area contributed by atoms with Crippen molar-refractivity contribution in [1.29, 1.82) is 0 Å². The highest BCUT2D eigenvalue weighted by Crippen LogP contribution is 2.38. The third-order valence-electron chi connectivity index (χ3n) is 7.09. The highest BCUT2D eigenvalue weighted by molar-refractivity contribution is 5.82. The number of hydrogen-bond acceptors (Lipinski definition) is 8. The van der Waals surface area contributed by atoms with Crippen molar-refractivity contribution in [3.05, 3.63) is 11.6 Å². The van der Waals surface area contributed by atoms with E-state index in [1.165, 1.54) is 6.08 Å². The van der Waals surface area contributed by atoms with Gasteiger partial charge in [0.2, 0.25) is 0 Å². The van der Waals surface area contributed by atoms with Gasteiger partial charge in [0, 0.05) is 24.3 Å². The van der Waals surface area contributed by atoms with Gasteiger partial charge in [-0.2, -0.15) is 0 Å². The van der Waals surface area contributed by atoms with Gasteiger partial charge in [-0.3, -0.25) is 4.79 Å². The van der Waals surface area contributed by atoms with Gasteiger partial charge < -0.3 is 34.6 Å². The van der Waals surface area contributed by atoms with Gasteiger partial charge in [0.05, 0.1) is 43.7 Å². The molecule has 0 radical (unpaired) electrons. The van der Waals surface area contributed by atoms with E-state index in [1.807, 2.05) is 6.92 Å². The number of esters is 1. The fourth-order valence-corrected chi connectivity index (χ4v) is 4.59. The highest BCUT2D eigenvalue weighted by atomic mass is 16.6. The molecule has 0 aromatic carbocycles. The minimum Gasteiger partial charge on any atom is -0.481 e. The average Bonchev–Trinajstić information content (AvgIpc) is 3.55. The van der Waals surface area contributed by atoms with Crippen LogP contribution in [0.5, 0.6) is 0 Å². The predicted molar refractivity (Wildman–Crippen MR) is 129 cm³/mol. The first-order valence-electron chi connectivity index (χ1n) is 13.0. The number of rotatable bonds is 16. The number of aliphatic hydroxyl groups excluding tert-OH is 3. The summed E-state index contributed by atoms with van der Waals surface area (Å²) in [6, 6.07) is 0. The number of aliphatic hydroxyl groups is 3. The van der Waals surface area contributed by atoms with Crippen molar-refractivity contribution in [2.45, 2.75) is 115 Å². The Hall–Kier alpha value is -1.52. The van der Waals surface area contributed by atoms with Crippen molar-refractivity contribution in [3.8, 4) is 0 Å². The van der Waals surface area contributed by atoms with E-state index in [2.05, 4.69) is 0 Å². The van der Waals surface area contributed by atoms with E-state index < -0.39 is 36.4 Å². The van der Waals surface area contributed by atoms with Crippen LogP contribution in [0.25, 0.3) is 0 Å². The Morgan fingerprint density at radius 1 is 1.03 bits per heavy atom. The predicted octanol–water partition coefficient (Wildman–Crippen LogP) is 2.59. The molecule has 2 aliphatic rings. The largest absolute Gasteiger partial charge is 0.481 e. The van der Waals surface area contributed by atoms with E-state index in [-0.39, 0.29) is 30.5 Å². The van der Waals surface area contributed by atoms with Gasteiger partial charge in [0.25, 0.3) is 0 Å². The Morgan fingerprint density at radius 3 is 2.34 bits per heavy atom. The van der Waals surface area contributed by atoms with Crippen LogP contribution in [-0.4, -0.2) is 82.2 Å². The Balaban J connectivity index is 1.62. The molecule has 202 valence electrons. The molecule has 0 aliphatic carbocycles. The molecule has 0 spiro atoms. The van der Waals surface area contributed by atoms with Gasteiger partial charge in [0.1, 0.15) is 6.10 Å². The summed E-state index contributed by atoms with van der Waals surface area (Å²) in [5.74, 6) is -1.42. The fraction of sp³-hybridized carbons (Fsp3) is 0.846. The van der Waals surface area contributed by atoms with Crippen LogP contribution in [-0.2, 0) is 23.8 Å². The summed E-state index contributed by atoms with van der Waals surface area (Å²) in [6.45, 7) is 6.07. The van der Waals surface area contributed by atoms with Crippen molar-refractivity contribution in [2.75, 3.05) is 13.2 Å². The van der Waals surface area contributed by atoms with E-state index in [4.69, 9.17) is 19.3 Å². The fourth-order valence-electron chi connectivity index (χ4n) is 4.59. The van der Waals surface area contributed by atoms with Crippen molar-refractivity contribution in [2.24, 2.45) is 11.8 Å². The van der Waals surface area contributed by atoms with Crippen molar-refractivity contribution in [3.63, 3.8) is 0 Å². The monoisotopic (exact) mass is 500 g/mol. The zero-order chi connectivity index (χ0) is 26.0. The molecule has 2 rings (SSSR count). The molecular formula is C26H44O9. The lowest BCUT2D eigenvalue weighted by Crippen LogP contribution is -2.50. The van der Waals surface area contributed by atoms with Crippen LogP contribution in [0.1, 0.15) is 78.6 Å². The Morgan fingerprint density at radius 2 is 1.69 bits per heavy atom. The van der Waals surface area contributed by atoms with E-state index in [1.54, 1.807) is 13.8 Å². The summed E-state index contributed by atoms with van der Waals surface area (Å²) in [4.78, 5) is 22.5. The molecular weight excluding hydrogens is 456 g/mol. The lowest BCUT2D eigenvalue weighted by atomic mass is 9.85. The summed E-state index contributed by atoms with van der Waals surface area (Å²) >= 11 is 0. The molecule has 9 nitrogen and oxygen atoms in total. The first kappa shape index (κ1) is 29.7. The topological polar surface area (TPSA) is 146 Å². The standard InChI is InChI=1S/C26H44O9/c1-16(13-23(30)33-11-9-7-5-4-6-8-10-22(28)29)12-20-25(32)24(31)19(15-34-20)14-21-26(35-21)17(2)18(3)27/h13,17-21,24-27,31-32H,4-12,14-15H2,1-3H3,(H,28,29)/b16-13+/t17-,18-,19?,20-,21-,24+,25-,26-/m0/s1. The molecule has 0 saturated carbocycles. The Kier molecular flexibility index (Phi) is 12.6. The molecule has 2 saturated heterocycles. The maximum Gasteiger partial charge on any atom is 0.330 e. The molecule has 0 aromatic rings. The van der Waals surface area contributed by atoms with Crippen LogP contribution < -0.4 is 0 Å². The number of carbonyl (C=O) groups is 2. The maximum atomic E-state index is 12.1. The lowest BCUT2D eigenvalue weighted by molar-refractivity contribution is -0.165. The second kappa shape index (κ2) is 14.9. The van der Waals surface area contributed by atoms with Gasteiger partial charge in [-0.05, 0) is 39.5 Å². The number of hydrogen-bond donors (Lipinski definition) is 4. The molecule has 2 fully saturated rings. The quantitative estimate of drug-likeness (QED) is 0.109. The van der Waals surface area contributed by atoms with Crippen LogP contribution in [0, 0.1) is 11.8 Å². The van der Waals surface area contributed by atoms with E-state index in [9.17, 15) is 24.9 Å². The first-order valence-corrected chi connectivity index (χ1v) is 13.0. The van der Waals surface area contributed by atoms with Crippen molar-refractivity contribution >= 4 is 11.9 Å². The number of carbonyl (C=O) groups excluding carboxylic acids is 1. The zero-order valence-corrected chi connectivity index (χ0v) is 21.3. The smallest absolute Gasteiger partial charge is 0.330 e. The summed E-state index contributed by atoms with van der Waals surface area (Å²) < 4.78 is 16.7. The molecule has 1 unspecified atom stereocenters. The van der Waals surface area contributed by atoms with Gasteiger partial charge in [0.15, 0.2) is 0 Å². The van der Waals surface area contributed by atoms with Crippen molar-refractivity contribution < 1.29 is 44.2 Å². The van der Waals surface area contributed by atoms with Crippen LogP contribution in [0.4, 0.5) is 0 Å². The van der Waals surface area contributed by atoms with E-state index in [0.717, 1.165) is 32.1 Å². The number of carboxylic acids is 1. The minimum atomic E-state index is -1.06. The number of unbranched alkanes of at least 4 members (excludes halogenated alkanes) is 5. The van der Waals surface area contributed by atoms with Crippen molar-refractivity contribution in [1.82, 2.24) is 0 Å². The van der Waals surface area contributed by atoms with Gasteiger partial charge in [-0.1, -0.05) is 38.2 Å². The molecule has 4 N–H and O–H groups in total. The molecule has 8 atom stereocenters. The van der Waals surface area contributed by atoms with Gasteiger partial charge in [-0.15, -0.1) is 0 Å². The molecule has 0 aromatic heterocycles. The second-order valence-corrected chi connectivity index (χ2v) is 10.2. The van der Waals surface area contributed by atoms with Crippen LogP contribution >= 0.6 is 0 Å². The highest BCUT2D eigenvalue weighted by Gasteiger charge is 2.48. The summed E-state index contributed by atoms with van der Waals surface area (Å²) in [5, 5.41) is 39.5. The maximum absolute atomic E-state index is 12.1. The lowest BCUT2D eigenvalue weighted by Gasteiger charge is -2.38. The van der Waals surface area contributed by atoms with Crippen LogP contribution in [0.3, 0.4) is 0 Å². The normalized spacial score (nSPS) is 30.5. The number of ether oxygens (including phenoxy) is 3. The summed E-state index contributed by atoms with van der Waals surface area (Å²) in [5.41, 5.74) is 0.708. The minimum absolute atomic E-state index is 0.0160. The van der Waals surface area contributed by atoms with Gasteiger partial charge in [-0.25, -0.2) is 4.79 Å². The van der Waals surface area contributed by atoms with Gasteiger partial charge >= 0.3 is 11.9 Å². The summed E-state index contributed by atoms with van der Waals surface area (Å²) in [7, 11) is 0. The third kappa shape index (κ3) is 10.6. The number of carboxylic acid groups (broad SMARTS) is 1. The molecule has 2 heterocycles. The second-order valence-electron chi connectivity index (χ2n) is 10.2. The van der Waals surface area contributed by atoms with E-state index in [0.29, 0.717) is 38.0 Å². The van der Waals surface area contributed by atoms with E-state index >= 15 is 0 Å². The summed E-state index contributed by atoms with van der Waals surface area (Å²) in [6.07, 6.45) is 4.61. The zero-order valence-electron chi connectivity index (χ0n) is 21.3. The number of aliphatic carboxylic acids is 1. The SMILES string of the molecule is C/C(=C\C(=O)OCCCCCCCCC(=O)O)C[C@@H]1OCC(C[C@@H]2O[C@H]2[C@@H](C)[C@H](C)O)[C@@H](O)[C@H]1O. The molecule has 9 heteroatoms. The van der Waals surface area contributed by atoms with Crippen LogP contribution in [0.2, 0.25) is 0 Å². The Labute approximate surface area is 208 Å². The molecule has 35 heavy (non-hydrogen) atoms. The molecule has 0 bridgehead atoms. The number of epoxide rings is 1.